The fourth-order valence-electron chi connectivity index (χ4n) is 2.93. The van der Waals surface area contributed by atoms with Gasteiger partial charge < -0.3 is 25.6 Å². The average Bonchev–Trinajstić information content (AvgIpc) is 2.50. The Morgan fingerprint density at radius 1 is 1.12 bits per heavy atom. The lowest BCUT2D eigenvalue weighted by atomic mass is 10.1. The summed E-state index contributed by atoms with van der Waals surface area (Å²) in [6, 6.07) is 7.78. The van der Waals surface area contributed by atoms with Crippen LogP contribution < -0.4 is 20.9 Å². The molecule has 25 heavy (non-hydrogen) atoms. The number of benzene rings is 1. The summed E-state index contributed by atoms with van der Waals surface area (Å²) in [5.74, 6) is 0. The largest absolute Gasteiger partial charge is 0.372 e. The van der Waals surface area contributed by atoms with Crippen molar-refractivity contribution in [3.63, 3.8) is 0 Å². The van der Waals surface area contributed by atoms with Crippen molar-refractivity contribution in [1.82, 2.24) is 10.6 Å². The molecule has 0 bridgehead atoms. The molecule has 0 saturated carbocycles. The van der Waals surface area contributed by atoms with Gasteiger partial charge in [0.25, 0.3) is 0 Å². The maximum absolute atomic E-state index is 11.9. The second-order valence-electron chi connectivity index (χ2n) is 7.77. The lowest BCUT2D eigenvalue weighted by Gasteiger charge is -2.36. The third kappa shape index (κ3) is 6.92. The summed E-state index contributed by atoms with van der Waals surface area (Å²) in [6.45, 7) is 13.6. The Balaban J connectivity index is 1.79. The average molecular weight is 348 g/mol. The number of morpholine rings is 1. The highest BCUT2D eigenvalue weighted by molar-refractivity contribution is 5.89. The second-order valence-corrected chi connectivity index (χ2v) is 7.77. The summed E-state index contributed by atoms with van der Waals surface area (Å²) >= 11 is 0. The molecule has 2 amide bonds. The quantitative estimate of drug-likeness (QED) is 0.716. The van der Waals surface area contributed by atoms with E-state index in [1.54, 1.807) is 0 Å². The number of hydrogen-bond donors (Lipinski definition) is 3. The normalized spacial score (nSPS) is 21.1. The Kier molecular flexibility index (Phi) is 6.67. The van der Waals surface area contributed by atoms with Crippen LogP contribution in [0, 0.1) is 0 Å². The molecule has 6 nitrogen and oxygen atoms in total. The number of carbonyl (C=O) groups excluding carboxylic acids is 1. The van der Waals surface area contributed by atoms with Crippen molar-refractivity contribution >= 4 is 17.4 Å². The minimum atomic E-state index is -0.183. The number of ether oxygens (including phenoxy) is 1. The number of anilines is 2. The van der Waals surface area contributed by atoms with E-state index in [1.165, 1.54) is 0 Å². The summed E-state index contributed by atoms with van der Waals surface area (Å²) in [6.07, 6.45) is 0.461. The van der Waals surface area contributed by atoms with E-state index in [0.29, 0.717) is 6.54 Å². The van der Waals surface area contributed by atoms with Crippen molar-refractivity contribution in [2.24, 2.45) is 0 Å². The first-order valence-electron chi connectivity index (χ1n) is 9.03. The van der Waals surface area contributed by atoms with Gasteiger partial charge in [0.2, 0.25) is 0 Å². The van der Waals surface area contributed by atoms with Crippen LogP contribution in [-0.4, -0.2) is 50.0 Å². The molecule has 1 aromatic rings. The minimum absolute atomic E-state index is 0.0580. The molecule has 0 spiro atoms. The number of hydrogen-bond acceptors (Lipinski definition) is 4. The van der Waals surface area contributed by atoms with E-state index in [-0.39, 0.29) is 23.8 Å². The van der Waals surface area contributed by atoms with E-state index in [4.69, 9.17) is 4.74 Å². The smallest absolute Gasteiger partial charge is 0.319 e. The summed E-state index contributed by atoms with van der Waals surface area (Å²) in [5, 5.41) is 9.05. The van der Waals surface area contributed by atoms with Gasteiger partial charge in [0.15, 0.2) is 0 Å². The molecule has 1 aliphatic rings. The van der Waals surface area contributed by atoms with Gasteiger partial charge in [0, 0.05) is 43.1 Å². The molecule has 1 aromatic carbocycles. The molecular weight excluding hydrogens is 316 g/mol. The maximum Gasteiger partial charge on any atom is 0.319 e. The lowest BCUT2D eigenvalue weighted by Crippen LogP contribution is -2.45. The zero-order valence-electron chi connectivity index (χ0n) is 16.1. The first-order chi connectivity index (χ1) is 11.7. The van der Waals surface area contributed by atoms with Crippen LogP contribution in [0.1, 0.15) is 34.6 Å². The zero-order chi connectivity index (χ0) is 18.4. The predicted molar refractivity (Wildman–Crippen MR) is 103 cm³/mol. The molecule has 6 heteroatoms. The first kappa shape index (κ1) is 19.5. The number of rotatable bonds is 5. The van der Waals surface area contributed by atoms with Gasteiger partial charge in [-0.05, 0) is 58.9 Å². The molecule has 0 aromatic heterocycles. The van der Waals surface area contributed by atoms with Crippen molar-refractivity contribution in [3.8, 4) is 0 Å². The zero-order valence-corrected chi connectivity index (χ0v) is 16.1. The molecule has 0 radical (unpaired) electrons. The van der Waals surface area contributed by atoms with Gasteiger partial charge in [-0.2, -0.15) is 0 Å². The number of amides is 2. The van der Waals surface area contributed by atoms with Gasteiger partial charge in [0.1, 0.15) is 0 Å². The highest BCUT2D eigenvalue weighted by Crippen LogP contribution is 2.22. The maximum atomic E-state index is 11.9. The van der Waals surface area contributed by atoms with Crippen LogP contribution >= 0.6 is 0 Å². The van der Waals surface area contributed by atoms with Crippen molar-refractivity contribution < 1.29 is 9.53 Å². The van der Waals surface area contributed by atoms with Gasteiger partial charge in [0.05, 0.1) is 12.2 Å². The molecular formula is C19H32N4O2. The lowest BCUT2D eigenvalue weighted by molar-refractivity contribution is -0.00521. The summed E-state index contributed by atoms with van der Waals surface area (Å²) in [7, 11) is 0. The molecule has 0 aliphatic carbocycles. The van der Waals surface area contributed by atoms with Crippen LogP contribution in [-0.2, 0) is 4.74 Å². The molecule has 2 rings (SSSR count). The van der Waals surface area contributed by atoms with Crippen molar-refractivity contribution in [3.05, 3.63) is 24.3 Å². The van der Waals surface area contributed by atoms with Crippen LogP contribution in [0.4, 0.5) is 16.2 Å². The van der Waals surface area contributed by atoms with Gasteiger partial charge in [-0.1, -0.05) is 0 Å². The topological polar surface area (TPSA) is 65.6 Å². The standard InChI is InChI=1S/C19H32N4O2/c1-14-12-23(13-15(2)25-14)17-8-6-16(7-9-17)22-18(24)20-10-11-21-19(3,4)5/h6-9,14-15,21H,10-13H2,1-5H3,(H2,20,22,24)/t14-,15+. The molecule has 1 aliphatic heterocycles. The van der Waals surface area contributed by atoms with Crippen LogP contribution in [0.25, 0.3) is 0 Å². The van der Waals surface area contributed by atoms with E-state index < -0.39 is 0 Å². The van der Waals surface area contributed by atoms with E-state index in [9.17, 15) is 4.79 Å². The van der Waals surface area contributed by atoms with Crippen molar-refractivity contribution in [1.29, 1.82) is 0 Å². The SMILES string of the molecule is C[C@@H]1CN(c2ccc(NC(=O)NCCNC(C)(C)C)cc2)C[C@H](C)O1. The van der Waals surface area contributed by atoms with Crippen molar-refractivity contribution in [2.75, 3.05) is 36.4 Å². The molecule has 0 unspecified atom stereocenters. The molecule has 1 saturated heterocycles. The van der Waals surface area contributed by atoms with Gasteiger partial charge in [-0.25, -0.2) is 4.79 Å². The Morgan fingerprint density at radius 3 is 2.28 bits per heavy atom. The fraction of sp³-hybridized carbons (Fsp3) is 0.632. The van der Waals surface area contributed by atoms with Gasteiger partial charge >= 0.3 is 6.03 Å². The van der Waals surface area contributed by atoms with Crippen LogP contribution in [0.15, 0.2) is 24.3 Å². The Morgan fingerprint density at radius 2 is 1.72 bits per heavy atom. The van der Waals surface area contributed by atoms with Gasteiger partial charge in [-0.15, -0.1) is 0 Å². The molecule has 1 fully saturated rings. The van der Waals surface area contributed by atoms with E-state index in [2.05, 4.69) is 55.5 Å². The molecule has 1 heterocycles. The van der Waals surface area contributed by atoms with Crippen LogP contribution in [0.3, 0.4) is 0 Å². The second kappa shape index (κ2) is 8.54. The van der Waals surface area contributed by atoms with E-state index >= 15 is 0 Å². The summed E-state index contributed by atoms with van der Waals surface area (Å²) < 4.78 is 5.77. The van der Waals surface area contributed by atoms with Crippen molar-refractivity contribution in [2.45, 2.75) is 52.4 Å². The highest BCUT2D eigenvalue weighted by atomic mass is 16.5. The highest BCUT2D eigenvalue weighted by Gasteiger charge is 2.22. The Hall–Kier alpha value is -1.79. The Bertz CT molecular complexity index is 544. The third-order valence-electron chi connectivity index (χ3n) is 3.98. The van der Waals surface area contributed by atoms with Crippen LogP contribution in [0.2, 0.25) is 0 Å². The van der Waals surface area contributed by atoms with E-state index in [0.717, 1.165) is 31.0 Å². The molecule has 3 N–H and O–H groups in total. The first-order valence-corrected chi connectivity index (χ1v) is 9.03. The monoisotopic (exact) mass is 348 g/mol. The summed E-state index contributed by atoms with van der Waals surface area (Å²) in [4.78, 5) is 14.3. The third-order valence-corrected chi connectivity index (χ3v) is 3.98. The number of nitrogens with zero attached hydrogens (tertiary/aromatic N) is 1. The fourth-order valence-corrected chi connectivity index (χ4v) is 2.93. The van der Waals surface area contributed by atoms with Gasteiger partial charge in [-0.3, -0.25) is 0 Å². The Labute approximate surface area is 151 Å². The predicted octanol–water partition coefficient (Wildman–Crippen LogP) is 2.81. The number of carbonyl (C=O) groups is 1. The number of nitrogens with one attached hydrogen (secondary N) is 3. The molecule has 2 atom stereocenters. The molecule has 140 valence electrons. The minimum Gasteiger partial charge on any atom is -0.372 e. The number of urea groups is 1. The summed E-state index contributed by atoms with van der Waals surface area (Å²) in [5.41, 5.74) is 2.00. The van der Waals surface area contributed by atoms with E-state index in [1.807, 2.05) is 24.3 Å². The van der Waals surface area contributed by atoms with Crippen LogP contribution in [0.5, 0.6) is 0 Å².